The summed E-state index contributed by atoms with van der Waals surface area (Å²) in [5.74, 6) is 0. The fourth-order valence-electron chi connectivity index (χ4n) is 1.69. The second-order valence-electron chi connectivity index (χ2n) is 3.93. The van der Waals surface area contributed by atoms with Crippen molar-refractivity contribution < 1.29 is 18.3 Å². The molecular formula is C9H16F3NO. The number of halogens is 3. The highest BCUT2D eigenvalue weighted by Crippen LogP contribution is 2.34. The van der Waals surface area contributed by atoms with Crippen LogP contribution >= 0.6 is 0 Å². The standard InChI is InChI=1S/C9H16F3NO/c1-2-8(4-3-5-8)13-6-7(14)9(10,11)12/h7,13-14H,2-6H2,1H3. The molecular weight excluding hydrogens is 195 g/mol. The van der Waals surface area contributed by atoms with Gasteiger partial charge in [0.2, 0.25) is 0 Å². The summed E-state index contributed by atoms with van der Waals surface area (Å²) in [6, 6.07) is 0. The van der Waals surface area contributed by atoms with Gasteiger partial charge in [-0.15, -0.1) is 0 Å². The van der Waals surface area contributed by atoms with Gasteiger partial charge >= 0.3 is 6.18 Å². The molecule has 0 aliphatic heterocycles. The van der Waals surface area contributed by atoms with Gasteiger partial charge in [-0.25, -0.2) is 0 Å². The van der Waals surface area contributed by atoms with Crippen LogP contribution < -0.4 is 5.32 Å². The molecule has 0 aromatic heterocycles. The Kier molecular flexibility index (Phi) is 3.42. The average Bonchev–Trinajstić information content (AvgIpc) is 2.01. The Morgan fingerprint density at radius 2 is 2.00 bits per heavy atom. The smallest absolute Gasteiger partial charge is 0.382 e. The summed E-state index contributed by atoms with van der Waals surface area (Å²) >= 11 is 0. The van der Waals surface area contributed by atoms with E-state index < -0.39 is 18.8 Å². The molecule has 1 atom stereocenters. The minimum absolute atomic E-state index is 0.147. The van der Waals surface area contributed by atoms with Crippen molar-refractivity contribution in [1.82, 2.24) is 5.32 Å². The Labute approximate surface area is 81.5 Å². The Balaban J connectivity index is 2.32. The third-order valence-corrected chi connectivity index (χ3v) is 3.04. The van der Waals surface area contributed by atoms with Crippen molar-refractivity contribution in [3.8, 4) is 0 Å². The molecule has 1 aliphatic carbocycles. The van der Waals surface area contributed by atoms with Crippen LogP contribution in [-0.2, 0) is 0 Å². The van der Waals surface area contributed by atoms with E-state index in [2.05, 4.69) is 5.32 Å². The fourth-order valence-corrected chi connectivity index (χ4v) is 1.69. The highest BCUT2D eigenvalue weighted by atomic mass is 19.4. The van der Waals surface area contributed by atoms with Crippen LogP contribution in [0.25, 0.3) is 0 Å². The lowest BCUT2D eigenvalue weighted by molar-refractivity contribution is -0.203. The highest BCUT2D eigenvalue weighted by molar-refractivity contribution is 4.95. The summed E-state index contributed by atoms with van der Waals surface area (Å²) in [6.07, 6.45) is -3.06. The molecule has 0 aromatic rings. The first-order valence-corrected chi connectivity index (χ1v) is 4.89. The van der Waals surface area contributed by atoms with E-state index in [1.165, 1.54) is 0 Å². The number of aliphatic hydroxyl groups is 1. The molecule has 0 saturated heterocycles. The summed E-state index contributed by atoms with van der Waals surface area (Å²) < 4.78 is 35.9. The molecule has 1 saturated carbocycles. The third-order valence-electron chi connectivity index (χ3n) is 3.04. The first-order valence-electron chi connectivity index (χ1n) is 4.89. The Morgan fingerprint density at radius 1 is 1.43 bits per heavy atom. The van der Waals surface area contributed by atoms with E-state index in [4.69, 9.17) is 5.11 Å². The van der Waals surface area contributed by atoms with Crippen molar-refractivity contribution in [2.45, 2.75) is 50.4 Å². The normalized spacial score (nSPS) is 22.9. The fraction of sp³-hybridized carbons (Fsp3) is 1.00. The Hall–Kier alpha value is -0.290. The number of alkyl halides is 3. The van der Waals surface area contributed by atoms with Crippen molar-refractivity contribution in [2.24, 2.45) is 0 Å². The number of hydrogen-bond acceptors (Lipinski definition) is 2. The van der Waals surface area contributed by atoms with E-state index in [9.17, 15) is 13.2 Å². The van der Waals surface area contributed by atoms with E-state index in [0.29, 0.717) is 0 Å². The minimum atomic E-state index is -4.51. The van der Waals surface area contributed by atoms with E-state index in [1.807, 2.05) is 6.92 Å². The van der Waals surface area contributed by atoms with Crippen molar-refractivity contribution in [1.29, 1.82) is 0 Å². The maximum Gasteiger partial charge on any atom is 0.415 e. The second kappa shape index (κ2) is 4.06. The van der Waals surface area contributed by atoms with Gasteiger partial charge in [0.05, 0.1) is 0 Å². The van der Waals surface area contributed by atoms with Crippen LogP contribution in [0.15, 0.2) is 0 Å². The van der Waals surface area contributed by atoms with Crippen LogP contribution in [0, 0.1) is 0 Å². The first kappa shape index (κ1) is 11.8. The molecule has 0 spiro atoms. The van der Waals surface area contributed by atoms with Crippen molar-refractivity contribution in [3.63, 3.8) is 0 Å². The molecule has 0 bridgehead atoms. The lowest BCUT2D eigenvalue weighted by atomic mass is 9.75. The van der Waals surface area contributed by atoms with Gasteiger partial charge in [0.1, 0.15) is 0 Å². The molecule has 84 valence electrons. The largest absolute Gasteiger partial charge is 0.415 e. The molecule has 0 aromatic carbocycles. The topological polar surface area (TPSA) is 32.3 Å². The molecule has 0 amide bonds. The van der Waals surface area contributed by atoms with Crippen molar-refractivity contribution in [2.75, 3.05) is 6.54 Å². The second-order valence-corrected chi connectivity index (χ2v) is 3.93. The van der Waals surface area contributed by atoms with Crippen LogP contribution in [0.4, 0.5) is 13.2 Å². The average molecular weight is 211 g/mol. The number of nitrogens with one attached hydrogen (secondary N) is 1. The lowest BCUT2D eigenvalue weighted by Gasteiger charge is -2.42. The zero-order valence-corrected chi connectivity index (χ0v) is 8.19. The zero-order valence-electron chi connectivity index (χ0n) is 8.19. The van der Waals surface area contributed by atoms with Crippen molar-refractivity contribution >= 4 is 0 Å². The van der Waals surface area contributed by atoms with Gasteiger partial charge in [-0.2, -0.15) is 13.2 Å². The van der Waals surface area contributed by atoms with Crippen LogP contribution in [0.3, 0.4) is 0 Å². The minimum Gasteiger partial charge on any atom is -0.382 e. The zero-order chi connectivity index (χ0) is 10.8. The Morgan fingerprint density at radius 3 is 2.29 bits per heavy atom. The predicted molar refractivity (Wildman–Crippen MR) is 46.9 cm³/mol. The quantitative estimate of drug-likeness (QED) is 0.743. The lowest BCUT2D eigenvalue weighted by Crippen LogP contribution is -2.54. The number of rotatable bonds is 4. The molecule has 1 unspecified atom stereocenters. The molecule has 1 rings (SSSR count). The summed E-state index contributed by atoms with van der Waals surface area (Å²) in [5.41, 5.74) is -0.147. The Bertz CT molecular complexity index is 183. The van der Waals surface area contributed by atoms with Gasteiger partial charge in [0, 0.05) is 12.1 Å². The predicted octanol–water partition coefficient (Wildman–Crippen LogP) is 1.83. The SMILES string of the molecule is CCC1(NCC(O)C(F)(F)F)CCC1. The van der Waals surface area contributed by atoms with Gasteiger partial charge in [0.25, 0.3) is 0 Å². The van der Waals surface area contributed by atoms with E-state index in [1.54, 1.807) is 0 Å². The number of β-amino-alcohol motifs (C(OH)–C–C–N with tert-alkyl or cyclic N) is 1. The summed E-state index contributed by atoms with van der Waals surface area (Å²) in [4.78, 5) is 0. The molecule has 2 nitrogen and oxygen atoms in total. The molecule has 0 heterocycles. The molecule has 1 aliphatic rings. The van der Waals surface area contributed by atoms with Gasteiger partial charge in [-0.3, -0.25) is 0 Å². The monoisotopic (exact) mass is 211 g/mol. The number of hydrogen-bond donors (Lipinski definition) is 2. The van der Waals surface area contributed by atoms with Crippen molar-refractivity contribution in [3.05, 3.63) is 0 Å². The number of aliphatic hydroxyl groups excluding tert-OH is 1. The molecule has 5 heteroatoms. The van der Waals surface area contributed by atoms with Gasteiger partial charge in [0.15, 0.2) is 6.10 Å². The van der Waals surface area contributed by atoms with Gasteiger partial charge in [-0.1, -0.05) is 6.92 Å². The molecule has 0 radical (unpaired) electrons. The molecule has 2 N–H and O–H groups in total. The van der Waals surface area contributed by atoms with E-state index in [0.717, 1.165) is 25.7 Å². The van der Waals surface area contributed by atoms with E-state index in [-0.39, 0.29) is 5.54 Å². The van der Waals surface area contributed by atoms with Crippen LogP contribution in [-0.4, -0.2) is 29.5 Å². The summed E-state index contributed by atoms with van der Waals surface area (Å²) in [6.45, 7) is 1.56. The van der Waals surface area contributed by atoms with Gasteiger partial charge in [-0.05, 0) is 25.7 Å². The highest BCUT2D eigenvalue weighted by Gasteiger charge is 2.41. The van der Waals surface area contributed by atoms with Gasteiger partial charge < -0.3 is 10.4 Å². The van der Waals surface area contributed by atoms with E-state index >= 15 is 0 Å². The maximum atomic E-state index is 12.0. The van der Waals surface area contributed by atoms with Crippen LogP contribution in [0.5, 0.6) is 0 Å². The first-order chi connectivity index (χ1) is 6.40. The third kappa shape index (κ3) is 2.60. The molecule has 1 fully saturated rings. The summed E-state index contributed by atoms with van der Waals surface area (Å²) in [7, 11) is 0. The van der Waals surface area contributed by atoms with Crippen LogP contribution in [0.1, 0.15) is 32.6 Å². The maximum absolute atomic E-state index is 12.0. The molecule has 14 heavy (non-hydrogen) atoms. The van der Waals surface area contributed by atoms with Crippen LogP contribution in [0.2, 0.25) is 0 Å². The summed E-state index contributed by atoms with van der Waals surface area (Å²) in [5, 5.41) is 11.6.